The molecule has 0 spiro atoms. The number of carbonyl (C=O) groups is 2. The Hall–Kier alpha value is -2.73. The van der Waals surface area contributed by atoms with Gasteiger partial charge in [0.25, 0.3) is 0 Å². The summed E-state index contributed by atoms with van der Waals surface area (Å²) in [5.41, 5.74) is 6.12. The normalized spacial score (nSPS) is 13.6. The molecule has 0 radical (unpaired) electrons. The maximum Gasteiger partial charge on any atom is 0.227 e. The first-order valence-corrected chi connectivity index (χ1v) is 9.89. The zero-order valence-electron chi connectivity index (χ0n) is 15.6. The van der Waals surface area contributed by atoms with Gasteiger partial charge < -0.3 is 10.3 Å². The third-order valence-corrected chi connectivity index (χ3v) is 5.79. The van der Waals surface area contributed by atoms with Gasteiger partial charge in [0.05, 0.1) is 11.4 Å². The van der Waals surface area contributed by atoms with Crippen LogP contribution >= 0.6 is 11.3 Å². The molecular weight excluding hydrogens is 358 g/mol. The van der Waals surface area contributed by atoms with Crippen molar-refractivity contribution in [2.75, 3.05) is 5.32 Å². The summed E-state index contributed by atoms with van der Waals surface area (Å²) in [6.45, 7) is 5.45. The van der Waals surface area contributed by atoms with Crippen molar-refractivity contribution in [3.8, 4) is 22.0 Å². The lowest BCUT2D eigenvalue weighted by Gasteiger charge is -2.04. The summed E-state index contributed by atoms with van der Waals surface area (Å²) >= 11 is 1.56. The number of rotatable bonds is 5. The van der Waals surface area contributed by atoms with Crippen LogP contribution < -0.4 is 5.32 Å². The van der Waals surface area contributed by atoms with Crippen molar-refractivity contribution in [3.05, 3.63) is 46.5 Å². The number of H-pyrrole nitrogens is 1. The topological polar surface area (TPSA) is 74.8 Å². The molecule has 4 rings (SSSR count). The molecule has 27 heavy (non-hydrogen) atoms. The predicted molar refractivity (Wildman–Crippen MR) is 108 cm³/mol. The molecule has 2 aromatic heterocycles. The van der Waals surface area contributed by atoms with Gasteiger partial charge in [0, 0.05) is 33.8 Å². The molecule has 2 heterocycles. The van der Waals surface area contributed by atoms with Crippen molar-refractivity contribution >= 4 is 28.7 Å². The molecule has 1 aromatic carbocycles. The number of amides is 1. The molecule has 0 saturated heterocycles. The third kappa shape index (κ3) is 3.45. The highest BCUT2D eigenvalue weighted by atomic mass is 32.1. The molecular formula is C21H21N3O2S. The van der Waals surface area contributed by atoms with Crippen LogP contribution in [-0.2, 0) is 4.79 Å². The zero-order valence-corrected chi connectivity index (χ0v) is 16.4. The largest absolute Gasteiger partial charge is 0.356 e. The molecule has 0 bridgehead atoms. The summed E-state index contributed by atoms with van der Waals surface area (Å²) in [5, 5.41) is 5.85. The van der Waals surface area contributed by atoms with E-state index in [1.54, 1.807) is 18.3 Å². The molecule has 1 saturated carbocycles. The first kappa shape index (κ1) is 17.7. The van der Waals surface area contributed by atoms with Gasteiger partial charge in [0.1, 0.15) is 5.01 Å². The van der Waals surface area contributed by atoms with Crippen LogP contribution in [0, 0.1) is 19.8 Å². The quantitative estimate of drug-likeness (QED) is 0.614. The van der Waals surface area contributed by atoms with Gasteiger partial charge in [0.15, 0.2) is 5.78 Å². The standard InChI is InChI=1S/C21H21N3O2S/c1-11-18(13(3)25)12(2)22-19(11)17-10-27-21(24-17)15-6-8-16(9-7-15)23-20(26)14-4-5-14/h6-10,14,22H,4-5H2,1-3H3,(H,23,26). The van der Waals surface area contributed by atoms with Gasteiger partial charge in [0.2, 0.25) is 5.91 Å². The minimum absolute atomic E-state index is 0.0618. The fourth-order valence-corrected chi connectivity index (χ4v) is 4.16. The van der Waals surface area contributed by atoms with Crippen molar-refractivity contribution in [1.82, 2.24) is 9.97 Å². The van der Waals surface area contributed by atoms with Crippen LogP contribution in [0.15, 0.2) is 29.6 Å². The van der Waals surface area contributed by atoms with E-state index < -0.39 is 0 Å². The van der Waals surface area contributed by atoms with E-state index >= 15 is 0 Å². The number of aromatic nitrogens is 2. The van der Waals surface area contributed by atoms with E-state index in [4.69, 9.17) is 4.98 Å². The average molecular weight is 379 g/mol. The first-order chi connectivity index (χ1) is 12.9. The van der Waals surface area contributed by atoms with Gasteiger partial charge in [-0.3, -0.25) is 9.59 Å². The second kappa shape index (κ2) is 6.78. The van der Waals surface area contributed by atoms with Crippen LogP contribution in [-0.4, -0.2) is 21.7 Å². The molecule has 6 heteroatoms. The van der Waals surface area contributed by atoms with E-state index in [1.807, 2.05) is 43.5 Å². The van der Waals surface area contributed by atoms with Crippen LogP contribution in [0.25, 0.3) is 22.0 Å². The highest BCUT2D eigenvalue weighted by Crippen LogP contribution is 2.33. The molecule has 0 atom stereocenters. The lowest BCUT2D eigenvalue weighted by Crippen LogP contribution is -2.12. The molecule has 138 valence electrons. The lowest BCUT2D eigenvalue weighted by molar-refractivity contribution is -0.117. The fourth-order valence-electron chi connectivity index (χ4n) is 3.34. The van der Waals surface area contributed by atoms with Crippen molar-refractivity contribution in [2.24, 2.45) is 5.92 Å². The number of aromatic amines is 1. The molecule has 5 nitrogen and oxygen atoms in total. The number of carbonyl (C=O) groups excluding carboxylic acids is 2. The van der Waals surface area contributed by atoms with Crippen LogP contribution in [0.2, 0.25) is 0 Å². The van der Waals surface area contributed by atoms with E-state index in [2.05, 4.69) is 10.3 Å². The van der Waals surface area contributed by atoms with E-state index in [0.29, 0.717) is 0 Å². The van der Waals surface area contributed by atoms with Gasteiger partial charge in [-0.2, -0.15) is 0 Å². The molecule has 1 aliphatic rings. The Morgan fingerprint density at radius 3 is 2.48 bits per heavy atom. The molecule has 3 aromatic rings. The Labute approximate surface area is 161 Å². The number of thiazole rings is 1. The number of anilines is 1. The predicted octanol–water partition coefficient (Wildman–Crippen LogP) is 4.97. The minimum Gasteiger partial charge on any atom is -0.356 e. The SMILES string of the molecule is CC(=O)c1c(C)[nH]c(-c2csc(-c3ccc(NC(=O)C4CC4)cc3)n2)c1C. The number of hydrogen-bond acceptors (Lipinski definition) is 4. The maximum absolute atomic E-state index is 11.9. The zero-order chi connectivity index (χ0) is 19.1. The molecule has 0 unspecified atom stereocenters. The number of ketones is 1. The van der Waals surface area contributed by atoms with Crippen LogP contribution in [0.3, 0.4) is 0 Å². The van der Waals surface area contributed by atoms with Gasteiger partial charge in [-0.1, -0.05) is 0 Å². The summed E-state index contributed by atoms with van der Waals surface area (Å²) in [6, 6.07) is 7.76. The summed E-state index contributed by atoms with van der Waals surface area (Å²) in [6.07, 6.45) is 1.99. The minimum atomic E-state index is 0.0618. The smallest absolute Gasteiger partial charge is 0.227 e. The Morgan fingerprint density at radius 1 is 1.19 bits per heavy atom. The molecule has 1 fully saturated rings. The third-order valence-electron chi connectivity index (χ3n) is 4.90. The molecule has 2 N–H and O–H groups in total. The number of benzene rings is 1. The molecule has 0 aliphatic heterocycles. The number of hydrogen-bond donors (Lipinski definition) is 2. The van der Waals surface area contributed by atoms with Crippen molar-refractivity contribution in [2.45, 2.75) is 33.6 Å². The van der Waals surface area contributed by atoms with Crippen LogP contribution in [0.4, 0.5) is 5.69 Å². The highest BCUT2D eigenvalue weighted by molar-refractivity contribution is 7.13. The lowest BCUT2D eigenvalue weighted by atomic mass is 10.1. The Kier molecular flexibility index (Phi) is 4.44. The van der Waals surface area contributed by atoms with Crippen LogP contribution in [0.5, 0.6) is 0 Å². The number of nitrogens with one attached hydrogen (secondary N) is 2. The van der Waals surface area contributed by atoms with Gasteiger partial charge in [-0.05, 0) is 63.4 Å². The Bertz CT molecular complexity index is 1030. The average Bonchev–Trinajstić information content (AvgIpc) is 3.30. The second-order valence-corrected chi connectivity index (χ2v) is 7.92. The van der Waals surface area contributed by atoms with Crippen LogP contribution in [0.1, 0.15) is 41.4 Å². The number of Topliss-reactive ketones (excluding diaryl/α,β-unsaturated/α-hetero) is 1. The van der Waals surface area contributed by atoms with E-state index in [0.717, 1.165) is 57.3 Å². The Morgan fingerprint density at radius 2 is 1.89 bits per heavy atom. The van der Waals surface area contributed by atoms with Crippen molar-refractivity contribution in [3.63, 3.8) is 0 Å². The summed E-state index contributed by atoms with van der Waals surface area (Å²) in [5.74, 6) is 0.364. The summed E-state index contributed by atoms with van der Waals surface area (Å²) in [4.78, 5) is 31.7. The maximum atomic E-state index is 11.9. The highest BCUT2D eigenvalue weighted by Gasteiger charge is 2.29. The van der Waals surface area contributed by atoms with E-state index in [-0.39, 0.29) is 17.6 Å². The first-order valence-electron chi connectivity index (χ1n) is 9.01. The molecule has 1 amide bonds. The second-order valence-electron chi connectivity index (χ2n) is 7.06. The molecule has 1 aliphatic carbocycles. The number of nitrogens with zero attached hydrogens (tertiary/aromatic N) is 1. The van der Waals surface area contributed by atoms with Gasteiger partial charge in [-0.15, -0.1) is 11.3 Å². The summed E-state index contributed by atoms with van der Waals surface area (Å²) in [7, 11) is 0. The Balaban J connectivity index is 1.57. The van der Waals surface area contributed by atoms with Crippen molar-refractivity contribution < 1.29 is 9.59 Å². The van der Waals surface area contributed by atoms with E-state index in [1.165, 1.54) is 0 Å². The van der Waals surface area contributed by atoms with Gasteiger partial charge in [-0.25, -0.2) is 4.98 Å². The van der Waals surface area contributed by atoms with Crippen molar-refractivity contribution in [1.29, 1.82) is 0 Å². The fraction of sp³-hybridized carbons (Fsp3) is 0.286. The number of aryl methyl sites for hydroxylation is 1. The monoisotopic (exact) mass is 379 g/mol. The summed E-state index contributed by atoms with van der Waals surface area (Å²) < 4.78 is 0. The van der Waals surface area contributed by atoms with Gasteiger partial charge >= 0.3 is 0 Å². The van der Waals surface area contributed by atoms with E-state index in [9.17, 15) is 9.59 Å².